The lowest BCUT2D eigenvalue weighted by Gasteiger charge is -2.27. The van der Waals surface area contributed by atoms with Crippen LogP contribution in [0.5, 0.6) is 11.5 Å². The van der Waals surface area contributed by atoms with Gasteiger partial charge in [-0.2, -0.15) is 13.2 Å². The van der Waals surface area contributed by atoms with Crippen molar-refractivity contribution in [2.45, 2.75) is 42.3 Å². The van der Waals surface area contributed by atoms with Gasteiger partial charge in [-0.05, 0) is 72.6 Å². The maximum Gasteiger partial charge on any atom is 0.446 e. The summed E-state index contributed by atoms with van der Waals surface area (Å²) in [5.74, 6) is -0.698. The Morgan fingerprint density at radius 1 is 1.12 bits per heavy atom. The van der Waals surface area contributed by atoms with Gasteiger partial charge in [0.15, 0.2) is 0 Å². The average Bonchev–Trinajstić information content (AvgIpc) is 3.30. The van der Waals surface area contributed by atoms with E-state index in [0.717, 1.165) is 5.56 Å². The quantitative estimate of drug-likeness (QED) is 0.246. The van der Waals surface area contributed by atoms with E-state index in [-0.39, 0.29) is 28.8 Å². The number of thioether (sulfide) groups is 1. The van der Waals surface area contributed by atoms with Gasteiger partial charge in [0.05, 0.1) is 19.2 Å². The minimum absolute atomic E-state index is 0.0137. The average molecular weight is 595 g/mol. The van der Waals surface area contributed by atoms with Crippen LogP contribution in [0.25, 0.3) is 0 Å². The second-order valence-electron chi connectivity index (χ2n) is 9.10. The van der Waals surface area contributed by atoms with Crippen molar-refractivity contribution in [2.75, 3.05) is 23.9 Å². The lowest BCUT2D eigenvalue weighted by Crippen LogP contribution is -2.37. The van der Waals surface area contributed by atoms with Crippen LogP contribution in [-0.2, 0) is 16.0 Å². The number of methoxy groups -OCH3 is 1. The van der Waals surface area contributed by atoms with Crippen LogP contribution >= 0.6 is 23.4 Å². The van der Waals surface area contributed by atoms with Gasteiger partial charge in [0, 0.05) is 28.2 Å². The molecule has 1 aliphatic heterocycles. The molecule has 212 valence electrons. The summed E-state index contributed by atoms with van der Waals surface area (Å²) < 4.78 is 50.3. The number of alkyl halides is 3. The van der Waals surface area contributed by atoms with Crippen molar-refractivity contribution in [3.8, 4) is 11.5 Å². The highest BCUT2D eigenvalue weighted by Gasteiger charge is 2.34. The SMILES string of the molecule is COc1ccc(NC(C(=O)N2CCc3ccc(SC(F)(F)F)cc32)c2ccc(Cl)cc2)c(OC(C)CC(=O)O)c1. The van der Waals surface area contributed by atoms with Crippen molar-refractivity contribution in [1.82, 2.24) is 0 Å². The van der Waals surface area contributed by atoms with E-state index in [4.69, 9.17) is 26.2 Å². The van der Waals surface area contributed by atoms with Gasteiger partial charge in [-0.1, -0.05) is 29.8 Å². The highest BCUT2D eigenvalue weighted by molar-refractivity contribution is 8.00. The number of carboxylic acid groups (broad SMARTS) is 1. The van der Waals surface area contributed by atoms with E-state index >= 15 is 0 Å². The van der Waals surface area contributed by atoms with Crippen LogP contribution in [0.3, 0.4) is 0 Å². The number of fused-ring (bicyclic) bond motifs is 1. The Bertz CT molecular complexity index is 1390. The molecular formula is C28H26ClF3N2O5S. The third-order valence-electron chi connectivity index (χ3n) is 6.18. The zero-order chi connectivity index (χ0) is 29.0. The number of carbonyl (C=O) groups excluding carboxylic acids is 1. The van der Waals surface area contributed by atoms with Crippen molar-refractivity contribution in [1.29, 1.82) is 0 Å². The fourth-order valence-electron chi connectivity index (χ4n) is 4.39. The summed E-state index contributed by atoms with van der Waals surface area (Å²) in [6.07, 6.45) is -0.446. The Morgan fingerprint density at radius 2 is 1.85 bits per heavy atom. The highest BCUT2D eigenvalue weighted by Crippen LogP contribution is 2.41. The molecular weight excluding hydrogens is 569 g/mol. The first-order valence-electron chi connectivity index (χ1n) is 12.2. The lowest BCUT2D eigenvalue weighted by molar-refractivity contribution is -0.138. The van der Waals surface area contributed by atoms with E-state index in [1.54, 1.807) is 55.5 Å². The predicted molar refractivity (Wildman–Crippen MR) is 148 cm³/mol. The van der Waals surface area contributed by atoms with E-state index in [9.17, 15) is 22.8 Å². The zero-order valence-electron chi connectivity index (χ0n) is 21.5. The van der Waals surface area contributed by atoms with Crippen LogP contribution in [0.1, 0.15) is 30.5 Å². The molecule has 4 rings (SSSR count). The molecule has 0 saturated carbocycles. The fraction of sp³-hybridized carbons (Fsp3) is 0.286. The standard InChI is InChI=1S/C28H26ClF3N2O5S/c1-16(13-25(35)36)39-24-14-20(38-2)8-10-22(24)33-26(18-3-6-19(29)7-4-18)27(37)34-12-11-17-5-9-21(15-23(17)34)40-28(30,31)32/h3-10,14-16,26,33H,11-13H2,1-2H3,(H,35,36). The monoisotopic (exact) mass is 594 g/mol. The molecule has 0 aliphatic carbocycles. The van der Waals surface area contributed by atoms with Crippen molar-refractivity contribution >= 4 is 46.6 Å². The first-order valence-corrected chi connectivity index (χ1v) is 13.4. The third kappa shape index (κ3) is 7.33. The van der Waals surface area contributed by atoms with Crippen LogP contribution in [0, 0.1) is 0 Å². The number of carboxylic acids is 1. The molecule has 2 N–H and O–H groups in total. The molecule has 0 spiro atoms. The predicted octanol–water partition coefficient (Wildman–Crippen LogP) is 6.95. The van der Waals surface area contributed by atoms with Gasteiger partial charge >= 0.3 is 11.5 Å². The Labute approximate surface area is 238 Å². The summed E-state index contributed by atoms with van der Waals surface area (Å²) in [6, 6.07) is 14.9. The molecule has 0 bridgehead atoms. The summed E-state index contributed by atoms with van der Waals surface area (Å²) in [5, 5.41) is 12.8. The van der Waals surface area contributed by atoms with Crippen LogP contribution in [0.2, 0.25) is 5.02 Å². The van der Waals surface area contributed by atoms with Crippen LogP contribution < -0.4 is 19.7 Å². The number of anilines is 2. The number of hydrogen-bond acceptors (Lipinski definition) is 6. The number of amides is 1. The molecule has 3 aromatic rings. The first kappa shape index (κ1) is 29.4. The zero-order valence-corrected chi connectivity index (χ0v) is 23.1. The molecule has 1 heterocycles. The molecule has 0 radical (unpaired) electrons. The van der Waals surface area contributed by atoms with Gasteiger partial charge < -0.3 is 24.8 Å². The fourth-order valence-corrected chi connectivity index (χ4v) is 5.09. The molecule has 1 aliphatic rings. The topological polar surface area (TPSA) is 88.1 Å². The number of aliphatic carboxylic acids is 1. The second-order valence-corrected chi connectivity index (χ2v) is 10.7. The molecule has 12 heteroatoms. The van der Waals surface area contributed by atoms with Crippen molar-refractivity contribution in [3.05, 3.63) is 76.8 Å². The van der Waals surface area contributed by atoms with Crippen LogP contribution in [0.4, 0.5) is 24.5 Å². The minimum Gasteiger partial charge on any atom is -0.497 e. The maximum atomic E-state index is 14.1. The van der Waals surface area contributed by atoms with Gasteiger partial charge in [0.1, 0.15) is 23.6 Å². The number of benzene rings is 3. The number of nitrogens with zero attached hydrogens (tertiary/aromatic N) is 1. The summed E-state index contributed by atoms with van der Waals surface area (Å²) in [4.78, 5) is 26.7. The molecule has 0 saturated heterocycles. The number of ether oxygens (including phenoxy) is 2. The lowest BCUT2D eigenvalue weighted by atomic mass is 10.0. The first-order chi connectivity index (χ1) is 18.9. The van der Waals surface area contributed by atoms with Gasteiger partial charge in [0.25, 0.3) is 5.91 Å². The largest absolute Gasteiger partial charge is 0.497 e. The second kappa shape index (κ2) is 12.3. The van der Waals surface area contributed by atoms with Crippen LogP contribution in [-0.4, -0.2) is 42.2 Å². The van der Waals surface area contributed by atoms with Gasteiger partial charge in [-0.3, -0.25) is 9.59 Å². The molecule has 40 heavy (non-hydrogen) atoms. The molecule has 1 amide bonds. The van der Waals surface area contributed by atoms with E-state index in [1.807, 2.05) is 0 Å². The molecule has 2 atom stereocenters. The molecule has 7 nitrogen and oxygen atoms in total. The number of carbonyl (C=O) groups is 2. The van der Waals surface area contributed by atoms with Crippen molar-refractivity contribution in [2.24, 2.45) is 0 Å². The van der Waals surface area contributed by atoms with Crippen molar-refractivity contribution < 1.29 is 37.3 Å². The number of rotatable bonds is 10. The van der Waals surface area contributed by atoms with Gasteiger partial charge in [-0.25, -0.2) is 0 Å². The van der Waals surface area contributed by atoms with E-state index in [0.29, 0.717) is 40.7 Å². The smallest absolute Gasteiger partial charge is 0.446 e. The maximum absolute atomic E-state index is 14.1. The molecule has 0 fully saturated rings. The molecule has 3 aromatic carbocycles. The molecule has 0 aromatic heterocycles. The Hall–Kier alpha value is -3.57. The van der Waals surface area contributed by atoms with Crippen molar-refractivity contribution in [3.63, 3.8) is 0 Å². The molecule has 2 unspecified atom stereocenters. The Morgan fingerprint density at radius 3 is 2.50 bits per heavy atom. The number of nitrogens with one attached hydrogen (secondary N) is 1. The third-order valence-corrected chi connectivity index (χ3v) is 7.15. The minimum atomic E-state index is -4.46. The van der Waals surface area contributed by atoms with Gasteiger partial charge in [0.2, 0.25) is 0 Å². The van der Waals surface area contributed by atoms with E-state index in [2.05, 4.69) is 5.32 Å². The summed E-state index contributed by atoms with van der Waals surface area (Å²) in [5.41, 5.74) is -2.32. The highest BCUT2D eigenvalue weighted by atomic mass is 35.5. The summed E-state index contributed by atoms with van der Waals surface area (Å²) >= 11 is 5.85. The number of hydrogen-bond donors (Lipinski definition) is 2. The summed E-state index contributed by atoms with van der Waals surface area (Å²) in [7, 11) is 1.48. The van der Waals surface area contributed by atoms with E-state index in [1.165, 1.54) is 24.1 Å². The van der Waals surface area contributed by atoms with Crippen LogP contribution in [0.15, 0.2) is 65.6 Å². The normalized spacial score (nSPS) is 14.3. The Kier molecular flexibility index (Phi) is 9.05. The Balaban J connectivity index is 1.70. The summed E-state index contributed by atoms with van der Waals surface area (Å²) in [6.45, 7) is 1.90. The van der Waals surface area contributed by atoms with Gasteiger partial charge in [-0.15, -0.1) is 0 Å². The van der Waals surface area contributed by atoms with E-state index < -0.39 is 29.5 Å². The number of halogens is 4.